The Morgan fingerprint density at radius 3 is 2.80 bits per heavy atom. The van der Waals surface area contributed by atoms with Gasteiger partial charge in [-0.15, -0.1) is 0 Å². The van der Waals surface area contributed by atoms with E-state index in [9.17, 15) is 4.79 Å². The zero-order chi connectivity index (χ0) is 14.7. The van der Waals surface area contributed by atoms with Gasteiger partial charge in [-0.2, -0.15) is 0 Å². The highest BCUT2D eigenvalue weighted by Crippen LogP contribution is 2.27. The molecule has 20 heavy (non-hydrogen) atoms. The molecule has 1 fully saturated rings. The molecule has 0 spiro atoms. The summed E-state index contributed by atoms with van der Waals surface area (Å²) in [5, 5.41) is 4.12. The summed E-state index contributed by atoms with van der Waals surface area (Å²) in [5.74, 6) is 0.503. The number of benzene rings is 1. The van der Waals surface area contributed by atoms with E-state index in [4.69, 9.17) is 27.9 Å². The third kappa shape index (κ3) is 3.57. The summed E-state index contributed by atoms with van der Waals surface area (Å²) >= 11 is 11.8. The molecule has 0 saturated carbocycles. The molecule has 1 N–H and O–H groups in total. The molecule has 1 heterocycles. The van der Waals surface area contributed by atoms with Crippen LogP contribution in [-0.2, 0) is 4.79 Å². The summed E-state index contributed by atoms with van der Waals surface area (Å²) in [4.78, 5) is 14.1. The molecule has 0 bridgehead atoms. The van der Waals surface area contributed by atoms with Crippen molar-refractivity contribution in [2.45, 2.75) is 25.5 Å². The number of nitrogens with zero attached hydrogens (tertiary/aromatic N) is 1. The van der Waals surface area contributed by atoms with Gasteiger partial charge in [-0.1, -0.05) is 23.2 Å². The maximum Gasteiger partial charge on any atom is 0.263 e. The number of carbonyl (C=O) groups is 1. The molecular formula is C14H18Cl2N2O2. The van der Waals surface area contributed by atoms with Crippen molar-refractivity contribution in [3.05, 3.63) is 28.2 Å². The molecule has 1 aromatic rings. The second kappa shape index (κ2) is 6.66. The van der Waals surface area contributed by atoms with Gasteiger partial charge < -0.3 is 15.0 Å². The van der Waals surface area contributed by atoms with E-state index in [1.54, 1.807) is 30.0 Å². The lowest BCUT2D eigenvalue weighted by Crippen LogP contribution is -2.44. The Labute approximate surface area is 129 Å². The molecule has 1 aliphatic rings. The standard InChI is InChI=1S/C14H18Cl2N2O2/c1-9(14(19)18(2)10-5-6-17-8-10)20-11-3-4-12(15)13(16)7-11/h3-4,7,9-10,17H,5-6,8H2,1-2H3. The summed E-state index contributed by atoms with van der Waals surface area (Å²) in [6.45, 7) is 3.52. The van der Waals surface area contributed by atoms with Crippen molar-refractivity contribution in [3.8, 4) is 5.75 Å². The van der Waals surface area contributed by atoms with E-state index in [1.807, 2.05) is 7.05 Å². The topological polar surface area (TPSA) is 41.6 Å². The first-order valence-corrected chi connectivity index (χ1v) is 7.33. The Hall–Kier alpha value is -0.970. The molecule has 4 nitrogen and oxygen atoms in total. The molecule has 6 heteroatoms. The summed E-state index contributed by atoms with van der Waals surface area (Å²) in [5.41, 5.74) is 0. The number of halogens is 2. The van der Waals surface area contributed by atoms with Gasteiger partial charge in [0.25, 0.3) is 5.91 Å². The normalized spacial score (nSPS) is 19.7. The highest BCUT2D eigenvalue weighted by molar-refractivity contribution is 6.42. The van der Waals surface area contributed by atoms with Crippen LogP contribution in [0.1, 0.15) is 13.3 Å². The lowest BCUT2D eigenvalue weighted by Gasteiger charge is -2.27. The molecule has 2 unspecified atom stereocenters. The van der Waals surface area contributed by atoms with Crippen LogP contribution in [0.25, 0.3) is 0 Å². The number of hydrogen-bond acceptors (Lipinski definition) is 3. The minimum atomic E-state index is -0.558. The van der Waals surface area contributed by atoms with E-state index in [2.05, 4.69) is 5.32 Å². The average Bonchev–Trinajstić information content (AvgIpc) is 2.95. The van der Waals surface area contributed by atoms with Crippen LogP contribution in [0.4, 0.5) is 0 Å². The predicted octanol–water partition coefficient (Wildman–Crippen LogP) is 2.58. The average molecular weight is 317 g/mol. The largest absolute Gasteiger partial charge is 0.481 e. The number of likely N-dealkylation sites (N-methyl/N-ethyl adjacent to an activating group) is 1. The number of amides is 1. The fourth-order valence-corrected chi connectivity index (χ4v) is 2.53. The van der Waals surface area contributed by atoms with Gasteiger partial charge in [0.05, 0.1) is 10.0 Å². The second-order valence-electron chi connectivity index (χ2n) is 4.93. The van der Waals surface area contributed by atoms with Crippen LogP contribution in [0.15, 0.2) is 18.2 Å². The molecule has 110 valence electrons. The number of carbonyl (C=O) groups excluding carboxylic acids is 1. The smallest absolute Gasteiger partial charge is 0.263 e. The molecule has 1 aromatic carbocycles. The molecule has 0 aromatic heterocycles. The van der Waals surface area contributed by atoms with Crippen molar-refractivity contribution in [1.29, 1.82) is 0 Å². The highest BCUT2D eigenvalue weighted by Gasteiger charge is 2.27. The third-order valence-electron chi connectivity index (χ3n) is 3.48. The molecular weight excluding hydrogens is 299 g/mol. The summed E-state index contributed by atoms with van der Waals surface area (Å²) in [6, 6.07) is 5.21. The van der Waals surface area contributed by atoms with Crippen LogP contribution in [-0.4, -0.2) is 43.1 Å². The quantitative estimate of drug-likeness (QED) is 0.928. The van der Waals surface area contributed by atoms with Gasteiger partial charge >= 0.3 is 0 Å². The van der Waals surface area contributed by atoms with Crippen molar-refractivity contribution >= 4 is 29.1 Å². The van der Waals surface area contributed by atoms with Crippen molar-refractivity contribution in [2.24, 2.45) is 0 Å². The summed E-state index contributed by atoms with van der Waals surface area (Å²) < 4.78 is 5.64. The highest BCUT2D eigenvalue weighted by atomic mass is 35.5. The van der Waals surface area contributed by atoms with Gasteiger partial charge in [0.1, 0.15) is 5.75 Å². The first-order valence-electron chi connectivity index (χ1n) is 6.58. The summed E-state index contributed by atoms with van der Waals surface area (Å²) in [6.07, 6.45) is 0.416. The van der Waals surface area contributed by atoms with Crippen LogP contribution >= 0.6 is 23.2 Å². The molecule has 1 aliphatic heterocycles. The summed E-state index contributed by atoms with van der Waals surface area (Å²) in [7, 11) is 1.81. The van der Waals surface area contributed by atoms with Gasteiger partial charge in [0.2, 0.25) is 0 Å². The SMILES string of the molecule is CC(Oc1ccc(Cl)c(Cl)c1)C(=O)N(C)C1CCNC1. The number of ether oxygens (including phenoxy) is 1. The Balaban J connectivity index is 1.97. The van der Waals surface area contributed by atoms with Crippen LogP contribution in [0, 0.1) is 0 Å². The van der Waals surface area contributed by atoms with E-state index in [0.717, 1.165) is 19.5 Å². The van der Waals surface area contributed by atoms with Crippen LogP contribution in [0.3, 0.4) is 0 Å². The Bertz CT molecular complexity index is 490. The van der Waals surface area contributed by atoms with Crippen molar-refractivity contribution in [1.82, 2.24) is 10.2 Å². The fourth-order valence-electron chi connectivity index (χ4n) is 2.24. The Morgan fingerprint density at radius 2 is 2.20 bits per heavy atom. The minimum absolute atomic E-state index is 0.0372. The van der Waals surface area contributed by atoms with Gasteiger partial charge in [0.15, 0.2) is 6.10 Å². The minimum Gasteiger partial charge on any atom is -0.481 e. The van der Waals surface area contributed by atoms with E-state index >= 15 is 0 Å². The predicted molar refractivity (Wildman–Crippen MR) is 80.6 cm³/mol. The zero-order valence-corrected chi connectivity index (χ0v) is 13.0. The number of rotatable bonds is 4. The Kier molecular flexibility index (Phi) is 5.13. The van der Waals surface area contributed by atoms with Crippen molar-refractivity contribution in [2.75, 3.05) is 20.1 Å². The van der Waals surface area contributed by atoms with E-state index in [0.29, 0.717) is 15.8 Å². The molecule has 2 atom stereocenters. The van der Waals surface area contributed by atoms with E-state index in [-0.39, 0.29) is 11.9 Å². The maximum atomic E-state index is 12.3. The second-order valence-corrected chi connectivity index (χ2v) is 5.75. The first-order chi connectivity index (χ1) is 9.49. The molecule has 1 amide bonds. The Morgan fingerprint density at radius 1 is 1.45 bits per heavy atom. The van der Waals surface area contributed by atoms with Gasteiger partial charge in [-0.3, -0.25) is 4.79 Å². The first kappa shape index (κ1) is 15.4. The van der Waals surface area contributed by atoms with Gasteiger partial charge in [-0.25, -0.2) is 0 Å². The molecule has 2 rings (SSSR count). The number of nitrogens with one attached hydrogen (secondary N) is 1. The third-order valence-corrected chi connectivity index (χ3v) is 4.22. The van der Waals surface area contributed by atoms with Crippen LogP contribution in [0.5, 0.6) is 5.75 Å². The maximum absolute atomic E-state index is 12.3. The monoisotopic (exact) mass is 316 g/mol. The van der Waals surface area contributed by atoms with Gasteiger partial charge in [-0.05, 0) is 32.0 Å². The van der Waals surface area contributed by atoms with Crippen LogP contribution in [0.2, 0.25) is 10.0 Å². The lowest BCUT2D eigenvalue weighted by atomic mass is 10.2. The van der Waals surface area contributed by atoms with E-state index < -0.39 is 6.10 Å². The number of hydrogen-bond donors (Lipinski definition) is 1. The molecule has 1 saturated heterocycles. The van der Waals surface area contributed by atoms with Crippen LogP contribution < -0.4 is 10.1 Å². The van der Waals surface area contributed by atoms with Gasteiger partial charge in [0, 0.05) is 25.7 Å². The van der Waals surface area contributed by atoms with Crippen molar-refractivity contribution < 1.29 is 9.53 Å². The lowest BCUT2D eigenvalue weighted by molar-refractivity contribution is -0.138. The molecule has 0 aliphatic carbocycles. The molecule has 0 radical (unpaired) electrons. The zero-order valence-electron chi connectivity index (χ0n) is 11.5. The van der Waals surface area contributed by atoms with Crippen molar-refractivity contribution in [3.63, 3.8) is 0 Å². The fraction of sp³-hybridized carbons (Fsp3) is 0.500. The van der Waals surface area contributed by atoms with E-state index in [1.165, 1.54) is 0 Å².